The van der Waals surface area contributed by atoms with Crippen LogP contribution in [0.5, 0.6) is 0 Å². The quantitative estimate of drug-likeness (QED) is 0.860. The van der Waals surface area contributed by atoms with Crippen LogP contribution in [-0.2, 0) is 23.0 Å². The smallest absolute Gasteiger partial charge is 0.257 e. The minimum Gasteiger partial charge on any atom is -0.332 e. The molecular formula is C12H16N4O2S. The maximum atomic E-state index is 12.0. The molecule has 0 atom stereocenters. The highest BCUT2D eigenvalue weighted by atomic mass is 32.2. The molecule has 0 unspecified atom stereocenters. The van der Waals surface area contributed by atoms with Gasteiger partial charge < -0.3 is 4.98 Å². The van der Waals surface area contributed by atoms with Crippen molar-refractivity contribution in [3.8, 4) is 0 Å². The SMILES string of the molecule is CCc1ncc(S(=O)(=O)NCc2ccnc(C)c2)[nH]1. The molecule has 0 spiro atoms. The predicted molar refractivity (Wildman–Crippen MR) is 71.0 cm³/mol. The second kappa shape index (κ2) is 5.50. The first kappa shape index (κ1) is 13.7. The zero-order valence-electron chi connectivity index (χ0n) is 10.8. The average molecular weight is 280 g/mol. The molecule has 0 aliphatic rings. The third kappa shape index (κ3) is 3.39. The Balaban J connectivity index is 2.09. The van der Waals surface area contributed by atoms with Gasteiger partial charge in [-0.1, -0.05) is 6.92 Å². The van der Waals surface area contributed by atoms with Crippen LogP contribution < -0.4 is 4.72 Å². The van der Waals surface area contributed by atoms with Gasteiger partial charge in [-0.05, 0) is 24.6 Å². The molecule has 0 saturated heterocycles. The third-order valence-electron chi connectivity index (χ3n) is 2.66. The Kier molecular flexibility index (Phi) is 3.96. The number of rotatable bonds is 5. The summed E-state index contributed by atoms with van der Waals surface area (Å²) in [4.78, 5) is 10.8. The molecule has 0 radical (unpaired) electrons. The van der Waals surface area contributed by atoms with E-state index in [2.05, 4.69) is 19.7 Å². The normalized spacial score (nSPS) is 11.7. The summed E-state index contributed by atoms with van der Waals surface area (Å²) in [5.41, 5.74) is 1.72. The summed E-state index contributed by atoms with van der Waals surface area (Å²) in [5, 5.41) is 0.0927. The van der Waals surface area contributed by atoms with Gasteiger partial charge in [-0.3, -0.25) is 4.98 Å². The Morgan fingerprint density at radius 1 is 1.37 bits per heavy atom. The molecule has 2 aromatic rings. The molecule has 2 rings (SSSR count). The molecule has 6 nitrogen and oxygen atoms in total. The molecule has 0 aromatic carbocycles. The van der Waals surface area contributed by atoms with Crippen LogP contribution in [0.3, 0.4) is 0 Å². The van der Waals surface area contributed by atoms with Crippen LogP contribution in [0.4, 0.5) is 0 Å². The van der Waals surface area contributed by atoms with Crippen LogP contribution in [0.2, 0.25) is 0 Å². The van der Waals surface area contributed by atoms with Gasteiger partial charge >= 0.3 is 0 Å². The molecule has 0 bridgehead atoms. The lowest BCUT2D eigenvalue weighted by atomic mass is 10.2. The lowest BCUT2D eigenvalue weighted by Gasteiger charge is -2.05. The topological polar surface area (TPSA) is 87.7 Å². The molecule has 2 heterocycles. The molecule has 0 aliphatic carbocycles. The van der Waals surface area contributed by atoms with Crippen LogP contribution in [0.1, 0.15) is 24.0 Å². The minimum atomic E-state index is -3.55. The van der Waals surface area contributed by atoms with E-state index in [9.17, 15) is 8.42 Å². The van der Waals surface area contributed by atoms with E-state index in [1.165, 1.54) is 6.20 Å². The molecule has 0 aliphatic heterocycles. The van der Waals surface area contributed by atoms with Crippen LogP contribution in [0.25, 0.3) is 0 Å². The average Bonchev–Trinajstić information content (AvgIpc) is 2.86. The van der Waals surface area contributed by atoms with Gasteiger partial charge in [0.15, 0.2) is 5.03 Å². The number of nitrogens with zero attached hydrogens (tertiary/aromatic N) is 2. The van der Waals surface area contributed by atoms with E-state index < -0.39 is 10.0 Å². The fourth-order valence-corrected chi connectivity index (χ4v) is 2.59. The number of nitrogens with one attached hydrogen (secondary N) is 2. The Hall–Kier alpha value is -1.73. The van der Waals surface area contributed by atoms with Crippen molar-refractivity contribution in [2.45, 2.75) is 31.8 Å². The number of aryl methyl sites for hydroxylation is 2. The minimum absolute atomic E-state index is 0.0927. The number of pyridine rings is 1. The van der Waals surface area contributed by atoms with Crippen molar-refractivity contribution < 1.29 is 8.42 Å². The number of imidazole rings is 1. The highest BCUT2D eigenvalue weighted by Gasteiger charge is 2.16. The largest absolute Gasteiger partial charge is 0.332 e. The van der Waals surface area contributed by atoms with Crippen molar-refractivity contribution >= 4 is 10.0 Å². The van der Waals surface area contributed by atoms with E-state index in [0.29, 0.717) is 12.2 Å². The predicted octanol–water partition coefficient (Wildman–Crippen LogP) is 1.15. The summed E-state index contributed by atoms with van der Waals surface area (Å²) in [6.45, 7) is 4.00. The van der Waals surface area contributed by atoms with Gasteiger partial charge in [0, 0.05) is 24.9 Å². The Bertz CT molecular complexity index is 664. The number of aromatic amines is 1. The fraction of sp³-hybridized carbons (Fsp3) is 0.333. The van der Waals surface area contributed by atoms with Crippen molar-refractivity contribution in [2.75, 3.05) is 0 Å². The number of sulfonamides is 1. The third-order valence-corrected chi connectivity index (χ3v) is 3.97. The zero-order valence-corrected chi connectivity index (χ0v) is 11.7. The molecule has 19 heavy (non-hydrogen) atoms. The van der Waals surface area contributed by atoms with Gasteiger partial charge in [-0.25, -0.2) is 18.1 Å². The highest BCUT2D eigenvalue weighted by molar-refractivity contribution is 7.89. The number of aromatic nitrogens is 3. The Morgan fingerprint density at radius 3 is 2.79 bits per heavy atom. The van der Waals surface area contributed by atoms with Crippen molar-refractivity contribution in [1.29, 1.82) is 0 Å². The van der Waals surface area contributed by atoms with Gasteiger partial charge in [0.1, 0.15) is 5.82 Å². The molecule has 7 heteroatoms. The maximum absolute atomic E-state index is 12.0. The fourth-order valence-electron chi connectivity index (χ4n) is 1.63. The van der Waals surface area contributed by atoms with Crippen LogP contribution in [0, 0.1) is 6.92 Å². The Morgan fingerprint density at radius 2 is 2.16 bits per heavy atom. The number of H-pyrrole nitrogens is 1. The van der Waals surface area contributed by atoms with Crippen molar-refractivity contribution in [3.63, 3.8) is 0 Å². The van der Waals surface area contributed by atoms with Crippen LogP contribution in [-0.4, -0.2) is 23.4 Å². The van der Waals surface area contributed by atoms with E-state index in [0.717, 1.165) is 11.3 Å². The maximum Gasteiger partial charge on any atom is 0.257 e. The molecule has 102 valence electrons. The first-order valence-electron chi connectivity index (χ1n) is 5.96. The zero-order chi connectivity index (χ0) is 13.9. The van der Waals surface area contributed by atoms with Gasteiger partial charge in [-0.15, -0.1) is 0 Å². The summed E-state index contributed by atoms with van der Waals surface area (Å²) in [7, 11) is -3.55. The standard InChI is InChI=1S/C12H16N4O2S/c1-3-11-14-8-12(16-11)19(17,18)15-7-10-4-5-13-9(2)6-10/h4-6,8,15H,3,7H2,1-2H3,(H,14,16). The molecule has 0 saturated carbocycles. The summed E-state index contributed by atoms with van der Waals surface area (Å²) in [5.74, 6) is 0.653. The van der Waals surface area contributed by atoms with E-state index in [4.69, 9.17) is 0 Å². The molecular weight excluding hydrogens is 264 g/mol. The first-order chi connectivity index (χ1) is 9.01. The number of hydrogen-bond donors (Lipinski definition) is 2. The summed E-state index contributed by atoms with van der Waals surface area (Å²) in [6.07, 6.45) is 3.66. The first-order valence-corrected chi connectivity index (χ1v) is 7.44. The lowest BCUT2D eigenvalue weighted by molar-refractivity contribution is 0.577. The van der Waals surface area contributed by atoms with Crippen molar-refractivity contribution in [3.05, 3.63) is 41.6 Å². The highest BCUT2D eigenvalue weighted by Crippen LogP contribution is 2.07. The van der Waals surface area contributed by atoms with Crippen molar-refractivity contribution in [1.82, 2.24) is 19.7 Å². The van der Waals surface area contributed by atoms with E-state index in [1.54, 1.807) is 12.3 Å². The summed E-state index contributed by atoms with van der Waals surface area (Å²) < 4.78 is 26.6. The molecule has 0 amide bonds. The van der Waals surface area contributed by atoms with E-state index >= 15 is 0 Å². The van der Waals surface area contributed by atoms with Crippen LogP contribution >= 0.6 is 0 Å². The molecule has 0 fully saturated rings. The van der Waals surface area contributed by atoms with Crippen LogP contribution in [0.15, 0.2) is 29.6 Å². The Labute approximate surface area is 112 Å². The summed E-state index contributed by atoms with van der Waals surface area (Å²) in [6, 6.07) is 3.62. The lowest BCUT2D eigenvalue weighted by Crippen LogP contribution is -2.23. The van der Waals surface area contributed by atoms with Gasteiger partial charge in [-0.2, -0.15) is 0 Å². The van der Waals surface area contributed by atoms with E-state index in [1.807, 2.05) is 19.9 Å². The number of hydrogen-bond acceptors (Lipinski definition) is 4. The van der Waals surface area contributed by atoms with E-state index in [-0.39, 0.29) is 11.6 Å². The van der Waals surface area contributed by atoms with Crippen molar-refractivity contribution in [2.24, 2.45) is 0 Å². The van der Waals surface area contributed by atoms with Gasteiger partial charge in [0.05, 0.1) is 6.20 Å². The second-order valence-electron chi connectivity index (χ2n) is 4.18. The second-order valence-corrected chi connectivity index (χ2v) is 5.91. The molecule has 2 aromatic heterocycles. The summed E-state index contributed by atoms with van der Waals surface area (Å²) >= 11 is 0. The monoisotopic (exact) mass is 280 g/mol. The molecule has 2 N–H and O–H groups in total. The van der Waals surface area contributed by atoms with Gasteiger partial charge in [0.2, 0.25) is 0 Å². The van der Waals surface area contributed by atoms with Gasteiger partial charge in [0.25, 0.3) is 10.0 Å².